The van der Waals surface area contributed by atoms with E-state index < -0.39 is 0 Å². The van der Waals surface area contributed by atoms with Crippen molar-refractivity contribution in [1.82, 2.24) is 14.8 Å². The molecule has 0 atom stereocenters. The number of nitrogens with zero attached hydrogens (tertiary/aromatic N) is 3. The van der Waals surface area contributed by atoms with Gasteiger partial charge in [-0.2, -0.15) is 0 Å². The number of hydrogen-bond acceptors (Lipinski definition) is 7. The predicted molar refractivity (Wildman–Crippen MR) is 121 cm³/mol. The van der Waals surface area contributed by atoms with Gasteiger partial charge in [0.15, 0.2) is 11.0 Å². The summed E-state index contributed by atoms with van der Waals surface area (Å²) < 4.78 is 18.2. The van der Waals surface area contributed by atoms with Crippen LogP contribution in [0.25, 0.3) is 11.4 Å². The summed E-state index contributed by atoms with van der Waals surface area (Å²) in [4.78, 5) is 12.5. The number of ether oxygens (including phenoxy) is 3. The molecule has 1 heterocycles. The van der Waals surface area contributed by atoms with Gasteiger partial charge in [-0.05, 0) is 38.1 Å². The molecule has 8 nitrogen and oxygen atoms in total. The minimum Gasteiger partial charge on any atom is -0.497 e. The molecule has 1 N–H and O–H groups in total. The molecule has 0 aliphatic rings. The van der Waals surface area contributed by atoms with E-state index >= 15 is 0 Å². The molecule has 31 heavy (non-hydrogen) atoms. The highest BCUT2D eigenvalue weighted by Crippen LogP contribution is 2.32. The Labute approximate surface area is 185 Å². The second kappa shape index (κ2) is 10.7. The van der Waals surface area contributed by atoms with E-state index in [9.17, 15) is 4.79 Å². The third-order valence-corrected chi connectivity index (χ3v) is 5.44. The monoisotopic (exact) mass is 442 g/mol. The van der Waals surface area contributed by atoms with Crippen LogP contribution < -0.4 is 19.5 Å². The Morgan fingerprint density at radius 3 is 2.58 bits per heavy atom. The number of amides is 1. The fourth-order valence-electron chi connectivity index (χ4n) is 3.03. The third kappa shape index (κ3) is 5.29. The summed E-state index contributed by atoms with van der Waals surface area (Å²) in [7, 11) is 3.12. The molecule has 0 fully saturated rings. The lowest BCUT2D eigenvalue weighted by Gasteiger charge is -2.12. The zero-order valence-corrected chi connectivity index (χ0v) is 18.9. The Morgan fingerprint density at radius 1 is 1.06 bits per heavy atom. The van der Waals surface area contributed by atoms with Gasteiger partial charge in [0, 0.05) is 12.6 Å². The molecule has 9 heteroatoms. The van der Waals surface area contributed by atoms with E-state index in [1.807, 2.05) is 42.7 Å². The second-order valence-electron chi connectivity index (χ2n) is 6.38. The highest BCUT2D eigenvalue weighted by Gasteiger charge is 2.18. The van der Waals surface area contributed by atoms with Crippen molar-refractivity contribution in [2.24, 2.45) is 0 Å². The predicted octanol–water partition coefficient (Wildman–Crippen LogP) is 4.11. The Bertz CT molecular complexity index is 1040. The number of methoxy groups -OCH3 is 2. The van der Waals surface area contributed by atoms with E-state index in [4.69, 9.17) is 14.2 Å². The summed E-state index contributed by atoms with van der Waals surface area (Å²) in [6.07, 6.45) is 0. The van der Waals surface area contributed by atoms with E-state index in [2.05, 4.69) is 15.5 Å². The lowest BCUT2D eigenvalue weighted by atomic mass is 10.2. The molecule has 164 valence electrons. The molecule has 0 aliphatic carbocycles. The highest BCUT2D eigenvalue weighted by atomic mass is 32.2. The van der Waals surface area contributed by atoms with Crippen LogP contribution in [0.1, 0.15) is 13.8 Å². The smallest absolute Gasteiger partial charge is 0.234 e. The maximum absolute atomic E-state index is 12.5. The largest absolute Gasteiger partial charge is 0.497 e. The average molecular weight is 443 g/mol. The number of anilines is 1. The van der Waals surface area contributed by atoms with Crippen LogP contribution in [0.5, 0.6) is 17.2 Å². The molecular weight excluding hydrogens is 416 g/mol. The minimum atomic E-state index is -0.171. The maximum atomic E-state index is 12.5. The van der Waals surface area contributed by atoms with Gasteiger partial charge >= 0.3 is 0 Å². The molecule has 3 rings (SSSR count). The van der Waals surface area contributed by atoms with Gasteiger partial charge < -0.3 is 24.1 Å². The lowest BCUT2D eigenvalue weighted by molar-refractivity contribution is -0.113. The number of rotatable bonds is 10. The SMILES string of the molecule is CCOc1ccccc1-c1nnc(SCC(=O)Nc2ccc(OC)cc2OC)n1CC. The van der Waals surface area contributed by atoms with Crippen LogP contribution >= 0.6 is 11.8 Å². The molecular formula is C22H26N4O4S. The number of carbonyl (C=O) groups excluding carboxylic acids is 1. The first-order valence-electron chi connectivity index (χ1n) is 9.91. The van der Waals surface area contributed by atoms with Gasteiger partial charge in [0.05, 0.1) is 37.8 Å². The van der Waals surface area contributed by atoms with Crippen LogP contribution in [-0.2, 0) is 11.3 Å². The summed E-state index contributed by atoms with van der Waals surface area (Å²) >= 11 is 1.33. The van der Waals surface area contributed by atoms with Crippen LogP contribution in [0.4, 0.5) is 5.69 Å². The number of nitrogens with one attached hydrogen (secondary N) is 1. The van der Waals surface area contributed by atoms with Gasteiger partial charge in [0.2, 0.25) is 5.91 Å². The summed E-state index contributed by atoms with van der Waals surface area (Å²) in [5.41, 5.74) is 1.45. The van der Waals surface area contributed by atoms with Gasteiger partial charge in [-0.15, -0.1) is 10.2 Å². The number of thioether (sulfide) groups is 1. The molecule has 0 spiro atoms. The number of benzene rings is 2. The van der Waals surface area contributed by atoms with Crippen molar-refractivity contribution in [3.8, 4) is 28.6 Å². The highest BCUT2D eigenvalue weighted by molar-refractivity contribution is 7.99. The number of para-hydroxylation sites is 1. The van der Waals surface area contributed by atoms with Crippen LogP contribution in [0.3, 0.4) is 0 Å². The Kier molecular flexibility index (Phi) is 7.77. The van der Waals surface area contributed by atoms with Gasteiger partial charge in [0.25, 0.3) is 0 Å². The lowest BCUT2D eigenvalue weighted by Crippen LogP contribution is -2.15. The summed E-state index contributed by atoms with van der Waals surface area (Å²) in [5.74, 6) is 2.67. The second-order valence-corrected chi connectivity index (χ2v) is 7.33. The van der Waals surface area contributed by atoms with E-state index in [0.29, 0.717) is 41.3 Å². The topological polar surface area (TPSA) is 87.5 Å². The van der Waals surface area contributed by atoms with Gasteiger partial charge in [0.1, 0.15) is 17.2 Å². The Morgan fingerprint density at radius 2 is 1.87 bits per heavy atom. The van der Waals surface area contributed by atoms with Crippen molar-refractivity contribution in [3.63, 3.8) is 0 Å². The summed E-state index contributed by atoms with van der Waals surface area (Å²) in [6.45, 7) is 5.19. The molecule has 0 bridgehead atoms. The van der Waals surface area contributed by atoms with Crippen molar-refractivity contribution >= 4 is 23.4 Å². The van der Waals surface area contributed by atoms with Gasteiger partial charge in [-0.3, -0.25) is 4.79 Å². The molecule has 0 unspecified atom stereocenters. The summed E-state index contributed by atoms with van der Waals surface area (Å²) in [5, 5.41) is 12.2. The van der Waals surface area contributed by atoms with E-state index in [0.717, 1.165) is 11.3 Å². The zero-order chi connectivity index (χ0) is 22.2. The standard InChI is InChI=1S/C22H26N4O4S/c1-5-26-21(16-9-7-8-10-18(16)30-6-2)24-25-22(26)31-14-20(27)23-17-12-11-15(28-3)13-19(17)29-4/h7-13H,5-6,14H2,1-4H3,(H,23,27). The number of aromatic nitrogens is 3. The first kappa shape index (κ1) is 22.5. The molecule has 0 radical (unpaired) electrons. The van der Waals surface area contributed by atoms with Crippen molar-refractivity contribution in [1.29, 1.82) is 0 Å². The number of hydrogen-bond donors (Lipinski definition) is 1. The van der Waals surface area contributed by atoms with Crippen LogP contribution in [0, 0.1) is 0 Å². The van der Waals surface area contributed by atoms with Crippen molar-refractivity contribution in [3.05, 3.63) is 42.5 Å². The van der Waals surface area contributed by atoms with Crippen molar-refractivity contribution < 1.29 is 19.0 Å². The van der Waals surface area contributed by atoms with Crippen LogP contribution in [0.15, 0.2) is 47.6 Å². The van der Waals surface area contributed by atoms with Gasteiger partial charge in [-0.1, -0.05) is 23.9 Å². The summed E-state index contributed by atoms with van der Waals surface area (Å²) in [6, 6.07) is 13.0. The van der Waals surface area contributed by atoms with E-state index in [1.165, 1.54) is 11.8 Å². The third-order valence-electron chi connectivity index (χ3n) is 4.48. The first-order valence-corrected chi connectivity index (χ1v) is 10.9. The van der Waals surface area contributed by atoms with Crippen molar-refractivity contribution in [2.45, 2.75) is 25.5 Å². The average Bonchev–Trinajstić information content (AvgIpc) is 3.21. The first-order chi connectivity index (χ1) is 15.1. The normalized spacial score (nSPS) is 10.6. The maximum Gasteiger partial charge on any atom is 0.234 e. The minimum absolute atomic E-state index is 0.171. The van der Waals surface area contributed by atoms with Crippen LogP contribution in [0.2, 0.25) is 0 Å². The van der Waals surface area contributed by atoms with Crippen molar-refractivity contribution in [2.75, 3.05) is 31.9 Å². The molecule has 1 aromatic heterocycles. The molecule has 2 aromatic carbocycles. The fourth-order valence-corrected chi connectivity index (χ4v) is 3.83. The van der Waals surface area contributed by atoms with E-state index in [-0.39, 0.29) is 11.7 Å². The van der Waals surface area contributed by atoms with Gasteiger partial charge in [-0.25, -0.2) is 0 Å². The number of carbonyl (C=O) groups is 1. The molecule has 3 aromatic rings. The molecule has 0 saturated heterocycles. The fraction of sp³-hybridized carbons (Fsp3) is 0.318. The van der Waals surface area contributed by atoms with E-state index in [1.54, 1.807) is 32.4 Å². The Balaban J connectivity index is 1.72. The molecule has 0 aliphatic heterocycles. The Hall–Kier alpha value is -3.20. The molecule has 0 saturated carbocycles. The quantitative estimate of drug-likeness (QED) is 0.473. The zero-order valence-electron chi connectivity index (χ0n) is 18.0. The van der Waals surface area contributed by atoms with Crippen LogP contribution in [-0.4, -0.2) is 47.3 Å². The molecule has 1 amide bonds.